The molecule has 0 spiro atoms. The average molecular weight is 249 g/mol. The van der Waals surface area contributed by atoms with Crippen molar-refractivity contribution < 1.29 is 14.3 Å². The highest BCUT2D eigenvalue weighted by molar-refractivity contribution is 5.86. The van der Waals surface area contributed by atoms with Crippen LogP contribution in [0.3, 0.4) is 0 Å². The third-order valence-corrected chi connectivity index (χ3v) is 2.57. The molecule has 2 rings (SSSR count). The van der Waals surface area contributed by atoms with Crippen LogP contribution in [0.15, 0.2) is 22.7 Å². The number of nitrogens with one attached hydrogen (secondary N) is 1. The first-order valence-electron chi connectivity index (χ1n) is 5.70. The summed E-state index contributed by atoms with van der Waals surface area (Å²) in [7, 11) is 0. The lowest BCUT2D eigenvalue weighted by Crippen LogP contribution is -2.01. The molecule has 2 heterocycles. The molecule has 0 amide bonds. The van der Waals surface area contributed by atoms with Gasteiger partial charge in [-0.15, -0.1) is 0 Å². The van der Waals surface area contributed by atoms with Gasteiger partial charge in [0.25, 0.3) is 0 Å². The molecule has 0 aliphatic rings. The van der Waals surface area contributed by atoms with Gasteiger partial charge in [-0.25, -0.2) is 4.79 Å². The molecular formula is C12H15N3O3. The molecule has 0 aliphatic carbocycles. The Hall–Kier alpha value is -2.24. The fraction of sp³-hybridized carbons (Fsp3) is 0.333. The monoisotopic (exact) mass is 249 g/mol. The zero-order valence-electron chi connectivity index (χ0n) is 10.3. The number of furan rings is 1. The van der Waals surface area contributed by atoms with Gasteiger partial charge in [-0.1, -0.05) is 0 Å². The summed E-state index contributed by atoms with van der Waals surface area (Å²) in [6.45, 7) is 4.94. The first-order valence-corrected chi connectivity index (χ1v) is 5.70. The number of aromatic nitrogens is 2. The minimum absolute atomic E-state index is 0.00844. The number of carboxylic acids is 1. The molecule has 0 atom stereocenters. The SMILES string of the molecule is CCn1ccc(NCc2cc(C)c(C(=O)O)o2)n1. The van der Waals surface area contributed by atoms with Crippen molar-refractivity contribution in [2.24, 2.45) is 0 Å². The van der Waals surface area contributed by atoms with E-state index in [0.717, 1.165) is 12.4 Å². The standard InChI is InChI=1S/C12H15N3O3/c1-3-15-5-4-10(14-15)13-7-9-6-8(2)11(18-9)12(16)17/h4-6H,3,7H2,1-2H3,(H,13,14)(H,16,17). The second-order valence-electron chi connectivity index (χ2n) is 3.94. The van der Waals surface area contributed by atoms with Crippen LogP contribution in [0.25, 0.3) is 0 Å². The minimum Gasteiger partial charge on any atom is -0.475 e. The van der Waals surface area contributed by atoms with Crippen molar-refractivity contribution in [1.82, 2.24) is 9.78 Å². The van der Waals surface area contributed by atoms with Gasteiger partial charge in [0.15, 0.2) is 0 Å². The predicted molar refractivity (Wildman–Crippen MR) is 65.6 cm³/mol. The molecule has 18 heavy (non-hydrogen) atoms. The molecule has 2 aromatic rings. The van der Waals surface area contributed by atoms with Crippen LogP contribution >= 0.6 is 0 Å². The van der Waals surface area contributed by atoms with Crippen molar-refractivity contribution in [3.05, 3.63) is 35.4 Å². The van der Waals surface area contributed by atoms with Crippen molar-refractivity contribution in [2.75, 3.05) is 5.32 Å². The van der Waals surface area contributed by atoms with Crippen molar-refractivity contribution in [1.29, 1.82) is 0 Å². The maximum Gasteiger partial charge on any atom is 0.372 e. The van der Waals surface area contributed by atoms with Crippen LogP contribution in [0, 0.1) is 6.92 Å². The Labute approximate surface area is 104 Å². The van der Waals surface area contributed by atoms with Gasteiger partial charge < -0.3 is 14.8 Å². The highest BCUT2D eigenvalue weighted by atomic mass is 16.4. The molecule has 0 bridgehead atoms. The number of aromatic carboxylic acids is 1. The van der Waals surface area contributed by atoms with E-state index in [4.69, 9.17) is 9.52 Å². The lowest BCUT2D eigenvalue weighted by molar-refractivity contribution is 0.0659. The molecule has 0 saturated heterocycles. The van der Waals surface area contributed by atoms with Crippen LogP contribution in [0.4, 0.5) is 5.82 Å². The van der Waals surface area contributed by atoms with Gasteiger partial charge in [0.05, 0.1) is 6.54 Å². The topological polar surface area (TPSA) is 80.3 Å². The Kier molecular flexibility index (Phi) is 3.36. The molecule has 0 aromatic carbocycles. The quantitative estimate of drug-likeness (QED) is 0.848. The molecule has 0 unspecified atom stereocenters. The van der Waals surface area contributed by atoms with E-state index >= 15 is 0 Å². The molecule has 0 fully saturated rings. The second kappa shape index (κ2) is 4.95. The highest BCUT2D eigenvalue weighted by Crippen LogP contribution is 2.15. The predicted octanol–water partition coefficient (Wildman–Crippen LogP) is 2.11. The number of carboxylic acid groups (broad SMARTS) is 1. The maximum atomic E-state index is 10.8. The van der Waals surface area contributed by atoms with Crippen LogP contribution in [0.5, 0.6) is 0 Å². The summed E-state index contributed by atoms with van der Waals surface area (Å²) in [6.07, 6.45) is 1.87. The van der Waals surface area contributed by atoms with E-state index in [1.807, 2.05) is 19.2 Å². The largest absolute Gasteiger partial charge is 0.475 e. The van der Waals surface area contributed by atoms with Gasteiger partial charge in [-0.05, 0) is 19.9 Å². The molecule has 0 saturated carbocycles. The molecular weight excluding hydrogens is 234 g/mol. The third kappa shape index (κ3) is 2.53. The van der Waals surface area contributed by atoms with Gasteiger partial charge in [-0.2, -0.15) is 5.10 Å². The van der Waals surface area contributed by atoms with Crippen molar-refractivity contribution in [3.8, 4) is 0 Å². The Morgan fingerprint density at radius 1 is 1.61 bits per heavy atom. The summed E-state index contributed by atoms with van der Waals surface area (Å²) >= 11 is 0. The number of nitrogens with zero attached hydrogens (tertiary/aromatic N) is 2. The summed E-state index contributed by atoms with van der Waals surface area (Å²) in [5, 5.41) is 16.2. The van der Waals surface area contributed by atoms with Crippen LogP contribution in [-0.2, 0) is 13.1 Å². The van der Waals surface area contributed by atoms with E-state index in [1.165, 1.54) is 0 Å². The molecule has 0 radical (unpaired) electrons. The summed E-state index contributed by atoms with van der Waals surface area (Å²) in [4.78, 5) is 10.8. The summed E-state index contributed by atoms with van der Waals surface area (Å²) < 4.78 is 7.04. The van der Waals surface area contributed by atoms with Crippen LogP contribution in [0.1, 0.15) is 28.8 Å². The average Bonchev–Trinajstić information content (AvgIpc) is 2.92. The molecule has 2 N–H and O–H groups in total. The summed E-state index contributed by atoms with van der Waals surface area (Å²) in [6, 6.07) is 3.57. The fourth-order valence-corrected chi connectivity index (χ4v) is 1.66. The first kappa shape index (κ1) is 12.2. The summed E-state index contributed by atoms with van der Waals surface area (Å²) in [5.41, 5.74) is 0.624. The lowest BCUT2D eigenvalue weighted by Gasteiger charge is -1.99. The smallest absolute Gasteiger partial charge is 0.372 e. The van der Waals surface area contributed by atoms with Gasteiger partial charge in [0.2, 0.25) is 5.76 Å². The maximum absolute atomic E-state index is 10.8. The Morgan fingerprint density at radius 2 is 2.39 bits per heavy atom. The number of carbonyl (C=O) groups is 1. The molecule has 96 valence electrons. The zero-order valence-corrected chi connectivity index (χ0v) is 10.3. The summed E-state index contributed by atoms with van der Waals surface area (Å²) in [5.74, 6) is 0.263. The highest BCUT2D eigenvalue weighted by Gasteiger charge is 2.14. The number of anilines is 1. The second-order valence-corrected chi connectivity index (χ2v) is 3.94. The van der Waals surface area contributed by atoms with Crippen molar-refractivity contribution in [3.63, 3.8) is 0 Å². The van der Waals surface area contributed by atoms with Crippen LogP contribution in [0.2, 0.25) is 0 Å². The van der Waals surface area contributed by atoms with Gasteiger partial charge >= 0.3 is 5.97 Å². The fourth-order valence-electron chi connectivity index (χ4n) is 1.66. The van der Waals surface area contributed by atoms with E-state index in [0.29, 0.717) is 17.9 Å². The Morgan fingerprint density at radius 3 is 2.94 bits per heavy atom. The van der Waals surface area contributed by atoms with Gasteiger partial charge in [0.1, 0.15) is 11.6 Å². The lowest BCUT2D eigenvalue weighted by atomic mass is 10.2. The molecule has 2 aromatic heterocycles. The number of hydrogen-bond acceptors (Lipinski definition) is 4. The van der Waals surface area contributed by atoms with E-state index in [1.54, 1.807) is 17.7 Å². The first-order chi connectivity index (χ1) is 8.60. The van der Waals surface area contributed by atoms with E-state index in [-0.39, 0.29) is 5.76 Å². The number of hydrogen-bond donors (Lipinski definition) is 2. The minimum atomic E-state index is -1.05. The van der Waals surface area contributed by atoms with Crippen molar-refractivity contribution >= 4 is 11.8 Å². The van der Waals surface area contributed by atoms with Crippen molar-refractivity contribution in [2.45, 2.75) is 26.9 Å². The number of rotatable bonds is 5. The third-order valence-electron chi connectivity index (χ3n) is 2.57. The van der Waals surface area contributed by atoms with E-state index < -0.39 is 5.97 Å². The molecule has 6 nitrogen and oxygen atoms in total. The van der Waals surface area contributed by atoms with Crippen LogP contribution in [-0.4, -0.2) is 20.9 Å². The Bertz CT molecular complexity index is 557. The van der Waals surface area contributed by atoms with Gasteiger partial charge in [-0.3, -0.25) is 4.68 Å². The van der Waals surface area contributed by atoms with Gasteiger partial charge in [0, 0.05) is 24.4 Å². The molecule has 6 heteroatoms. The number of aryl methyl sites for hydroxylation is 2. The molecule has 0 aliphatic heterocycles. The Balaban J connectivity index is 2.01. The van der Waals surface area contributed by atoms with E-state index in [2.05, 4.69) is 10.4 Å². The normalized spacial score (nSPS) is 10.6. The van der Waals surface area contributed by atoms with E-state index in [9.17, 15) is 4.79 Å². The van der Waals surface area contributed by atoms with Crippen LogP contribution < -0.4 is 5.32 Å². The zero-order chi connectivity index (χ0) is 13.1.